The molecule has 6 N–H and O–H groups in total. The van der Waals surface area contributed by atoms with Crippen LogP contribution >= 0.6 is 0 Å². The number of aromatic amines is 2. The van der Waals surface area contributed by atoms with E-state index < -0.39 is 11.9 Å². The number of nitrogens with zero attached hydrogens (tertiary/aromatic N) is 2. The van der Waals surface area contributed by atoms with Crippen LogP contribution in [-0.4, -0.2) is 39.6 Å². The van der Waals surface area contributed by atoms with E-state index in [1.165, 1.54) is 4.90 Å². The van der Waals surface area contributed by atoms with E-state index in [0.29, 0.717) is 41.9 Å². The molecule has 5 rings (SSSR count). The zero-order valence-corrected chi connectivity index (χ0v) is 22.0. The van der Waals surface area contributed by atoms with Crippen LogP contribution in [0.2, 0.25) is 0 Å². The van der Waals surface area contributed by atoms with Crippen LogP contribution in [0, 0.1) is 18.8 Å². The molecule has 0 radical (unpaired) electrons. The molecule has 202 valence electrons. The lowest BCUT2D eigenvalue weighted by atomic mass is 9.81. The summed E-state index contributed by atoms with van der Waals surface area (Å²) in [4.78, 5) is 45.0. The molecular formula is C30H34N6O3. The van der Waals surface area contributed by atoms with Crippen molar-refractivity contribution >= 4 is 28.4 Å². The summed E-state index contributed by atoms with van der Waals surface area (Å²) >= 11 is 0. The normalized spacial score (nSPS) is 18.1. The molecule has 39 heavy (non-hydrogen) atoms. The Balaban J connectivity index is 1.39. The van der Waals surface area contributed by atoms with Gasteiger partial charge in [-0.3, -0.25) is 29.6 Å². The molecule has 0 bridgehead atoms. The third kappa shape index (κ3) is 5.55. The molecule has 0 aliphatic heterocycles. The molecule has 0 unspecified atom stereocenters. The maximum Gasteiger partial charge on any atom is 0.271 e. The van der Waals surface area contributed by atoms with E-state index in [4.69, 9.17) is 11.5 Å². The number of aromatic nitrogens is 3. The Hall–Kier alpha value is -4.08. The minimum atomic E-state index is -0.927. The first-order chi connectivity index (χ1) is 18.9. The Bertz CT molecular complexity index is 1530. The van der Waals surface area contributed by atoms with E-state index in [9.17, 15) is 14.4 Å². The van der Waals surface area contributed by atoms with Crippen molar-refractivity contribution in [3.05, 3.63) is 82.4 Å². The molecule has 9 heteroatoms. The van der Waals surface area contributed by atoms with E-state index in [0.717, 1.165) is 35.1 Å². The van der Waals surface area contributed by atoms with Crippen molar-refractivity contribution in [3.63, 3.8) is 0 Å². The number of anilines is 1. The fraction of sp³-hybridized carbons (Fsp3) is 0.333. The first-order valence-corrected chi connectivity index (χ1v) is 13.4. The number of carbonyl (C=O) groups excluding carboxylic acids is 2. The number of fused-ring (bicyclic) bond motifs is 1. The Morgan fingerprint density at radius 1 is 1.05 bits per heavy atom. The van der Waals surface area contributed by atoms with Crippen molar-refractivity contribution in [2.45, 2.75) is 45.1 Å². The number of benzene rings is 2. The first kappa shape index (κ1) is 26.5. The lowest BCUT2D eigenvalue weighted by Gasteiger charge is -2.32. The number of pyridine rings is 1. The van der Waals surface area contributed by atoms with Crippen LogP contribution in [-0.2, 0) is 16.0 Å². The van der Waals surface area contributed by atoms with Gasteiger partial charge in [0.1, 0.15) is 0 Å². The van der Waals surface area contributed by atoms with Crippen LogP contribution in [0.15, 0.2) is 65.7 Å². The summed E-state index contributed by atoms with van der Waals surface area (Å²) in [6.07, 6.45) is 6.94. The van der Waals surface area contributed by atoms with Gasteiger partial charge >= 0.3 is 0 Å². The van der Waals surface area contributed by atoms with Crippen LogP contribution in [0.3, 0.4) is 0 Å². The number of rotatable bonds is 7. The molecule has 2 heterocycles. The number of carbonyl (C=O) groups is 2. The summed E-state index contributed by atoms with van der Waals surface area (Å²) in [5, 5.41) is 5.81. The summed E-state index contributed by atoms with van der Waals surface area (Å²) in [7, 11) is 0. The van der Waals surface area contributed by atoms with Crippen LogP contribution < -0.4 is 21.9 Å². The number of amides is 2. The van der Waals surface area contributed by atoms with Gasteiger partial charge in [-0.25, -0.2) is 4.90 Å². The van der Waals surface area contributed by atoms with Gasteiger partial charge in [-0.1, -0.05) is 24.3 Å². The number of hydrogen-bond donors (Lipinski definition) is 4. The van der Waals surface area contributed by atoms with Gasteiger partial charge in [0, 0.05) is 18.3 Å². The Morgan fingerprint density at radius 2 is 1.79 bits per heavy atom. The van der Waals surface area contributed by atoms with Crippen LogP contribution in [0.25, 0.3) is 22.0 Å². The zero-order chi connectivity index (χ0) is 27.5. The van der Waals surface area contributed by atoms with Crippen molar-refractivity contribution in [2.75, 3.05) is 11.4 Å². The highest BCUT2D eigenvalue weighted by atomic mass is 16.2. The van der Waals surface area contributed by atoms with Gasteiger partial charge in [-0.05, 0) is 98.0 Å². The Morgan fingerprint density at radius 3 is 2.49 bits per heavy atom. The van der Waals surface area contributed by atoms with Gasteiger partial charge in [0.2, 0.25) is 5.91 Å². The first-order valence-electron chi connectivity index (χ1n) is 13.4. The average molecular weight is 527 g/mol. The highest BCUT2D eigenvalue weighted by Gasteiger charge is 2.35. The Kier molecular flexibility index (Phi) is 7.72. The van der Waals surface area contributed by atoms with Crippen LogP contribution in [0.1, 0.15) is 36.8 Å². The highest BCUT2D eigenvalue weighted by Crippen LogP contribution is 2.32. The average Bonchev–Trinajstić information content (AvgIpc) is 3.33. The molecular weight excluding hydrogens is 492 g/mol. The van der Waals surface area contributed by atoms with Crippen LogP contribution in [0.5, 0.6) is 0 Å². The second-order valence-corrected chi connectivity index (χ2v) is 10.5. The standard InChI is InChI=1S/C30H34N6O3/c1-18-17-33-13-12-24(18)21-6-2-19(3-7-21)14-26(32)30(39)36(29(38)22-8-4-20(16-31)5-9-22)23-10-11-25-27(15-23)34-35-28(25)37/h2-3,6-7,10-13,15,17,20,22,26H,4-5,8-9,14,16,31-32H2,1H3,(H2,34,35,37)/t20?,22?,26-/m0/s1. The Labute approximate surface area is 226 Å². The number of nitrogens with one attached hydrogen (secondary N) is 2. The number of aryl methyl sites for hydroxylation is 1. The summed E-state index contributed by atoms with van der Waals surface area (Å²) in [6.45, 7) is 2.62. The second kappa shape index (κ2) is 11.3. The van der Waals surface area contributed by atoms with Crippen LogP contribution in [0.4, 0.5) is 5.69 Å². The molecule has 1 atom stereocenters. The molecule has 9 nitrogen and oxygen atoms in total. The third-order valence-corrected chi connectivity index (χ3v) is 7.84. The number of hydrogen-bond acceptors (Lipinski definition) is 6. The third-order valence-electron chi connectivity index (χ3n) is 7.84. The molecule has 0 saturated heterocycles. The fourth-order valence-electron chi connectivity index (χ4n) is 5.48. The van der Waals surface area contributed by atoms with Crippen molar-refractivity contribution in [1.82, 2.24) is 15.2 Å². The van der Waals surface area contributed by atoms with Gasteiger partial charge in [-0.15, -0.1) is 0 Å². The fourth-order valence-corrected chi connectivity index (χ4v) is 5.48. The maximum absolute atomic E-state index is 13.8. The molecule has 1 aliphatic rings. The lowest BCUT2D eigenvalue weighted by molar-refractivity contribution is -0.130. The number of H-pyrrole nitrogens is 2. The molecule has 1 saturated carbocycles. The minimum absolute atomic E-state index is 0.258. The largest absolute Gasteiger partial charge is 0.330 e. The maximum atomic E-state index is 13.8. The molecule has 2 amide bonds. The van der Waals surface area contributed by atoms with Gasteiger partial charge < -0.3 is 11.5 Å². The highest BCUT2D eigenvalue weighted by molar-refractivity contribution is 6.17. The van der Waals surface area contributed by atoms with Crippen molar-refractivity contribution in [2.24, 2.45) is 23.3 Å². The van der Waals surface area contributed by atoms with Crippen molar-refractivity contribution in [1.29, 1.82) is 0 Å². The summed E-state index contributed by atoms with van der Waals surface area (Å²) in [5.74, 6) is -0.604. The van der Waals surface area contributed by atoms with E-state index in [2.05, 4.69) is 15.2 Å². The smallest absolute Gasteiger partial charge is 0.271 e. The van der Waals surface area contributed by atoms with Gasteiger partial charge in [0.25, 0.3) is 11.5 Å². The topological polar surface area (TPSA) is 151 Å². The van der Waals surface area contributed by atoms with E-state index >= 15 is 0 Å². The molecule has 4 aromatic rings. The van der Waals surface area contributed by atoms with E-state index in [1.54, 1.807) is 24.4 Å². The molecule has 1 fully saturated rings. The SMILES string of the molecule is Cc1cnccc1-c1ccc(C[C@H](N)C(=O)N(C(=O)C2CCC(CN)CC2)c2ccc3c(=O)[nH][nH]c3c2)cc1. The molecule has 2 aromatic heterocycles. The van der Waals surface area contributed by atoms with Crippen molar-refractivity contribution < 1.29 is 9.59 Å². The monoisotopic (exact) mass is 526 g/mol. The molecule has 2 aromatic carbocycles. The van der Waals surface area contributed by atoms with Gasteiger partial charge in [0.05, 0.1) is 22.6 Å². The van der Waals surface area contributed by atoms with E-state index in [1.807, 2.05) is 43.5 Å². The quantitative estimate of drug-likeness (QED) is 0.290. The zero-order valence-electron chi connectivity index (χ0n) is 22.0. The van der Waals surface area contributed by atoms with Gasteiger partial charge in [0.15, 0.2) is 0 Å². The minimum Gasteiger partial charge on any atom is -0.330 e. The predicted octanol–water partition coefficient (Wildman–Crippen LogP) is 3.42. The molecule has 1 aliphatic carbocycles. The van der Waals surface area contributed by atoms with E-state index in [-0.39, 0.29) is 23.8 Å². The number of imide groups is 1. The summed E-state index contributed by atoms with van der Waals surface area (Å²) < 4.78 is 0. The second-order valence-electron chi connectivity index (χ2n) is 10.5. The van der Waals surface area contributed by atoms with Crippen molar-refractivity contribution in [3.8, 4) is 11.1 Å². The van der Waals surface area contributed by atoms with Gasteiger partial charge in [-0.2, -0.15) is 0 Å². The lowest BCUT2D eigenvalue weighted by Crippen LogP contribution is -2.50. The molecule has 0 spiro atoms. The summed E-state index contributed by atoms with van der Waals surface area (Å²) in [5.41, 5.74) is 17.1. The predicted molar refractivity (Wildman–Crippen MR) is 152 cm³/mol. The summed E-state index contributed by atoms with van der Waals surface area (Å²) in [6, 6.07) is 13.9. The number of nitrogens with two attached hydrogens (primary N) is 2.